The Bertz CT molecular complexity index is 341. The van der Waals surface area contributed by atoms with Gasteiger partial charge in [-0.25, -0.2) is 8.78 Å². The van der Waals surface area contributed by atoms with Gasteiger partial charge >= 0.3 is 0 Å². The molecule has 1 nitrogen and oxygen atoms in total. The molecule has 0 aliphatic carbocycles. The number of hydrogen-bond acceptors (Lipinski definition) is 1. The van der Waals surface area contributed by atoms with E-state index in [-0.39, 0.29) is 11.6 Å². The highest BCUT2D eigenvalue weighted by Crippen LogP contribution is 2.09. The van der Waals surface area contributed by atoms with Crippen molar-refractivity contribution in [3.05, 3.63) is 35.4 Å². The van der Waals surface area contributed by atoms with Gasteiger partial charge in [-0.15, -0.1) is 0 Å². The predicted octanol–water partition coefficient (Wildman–Crippen LogP) is 1.66. The zero-order valence-corrected chi connectivity index (χ0v) is 7.14. The van der Waals surface area contributed by atoms with Gasteiger partial charge in [-0.1, -0.05) is 17.9 Å². The van der Waals surface area contributed by atoms with E-state index in [4.69, 9.17) is 5.73 Å². The molecule has 0 aromatic heterocycles. The van der Waals surface area contributed by atoms with E-state index in [1.165, 1.54) is 6.07 Å². The first-order valence-corrected chi connectivity index (χ1v) is 3.82. The minimum absolute atomic E-state index is 0.222. The lowest BCUT2D eigenvalue weighted by atomic mass is 10.2. The summed E-state index contributed by atoms with van der Waals surface area (Å²) in [6, 6.07) is 3.23. The van der Waals surface area contributed by atoms with Crippen molar-refractivity contribution in [2.75, 3.05) is 0 Å². The van der Waals surface area contributed by atoms with Gasteiger partial charge in [0.15, 0.2) is 0 Å². The fourth-order valence-corrected chi connectivity index (χ4v) is 0.803. The zero-order valence-electron chi connectivity index (χ0n) is 7.14. The lowest BCUT2D eigenvalue weighted by molar-refractivity contribution is 0.577. The molecule has 3 heteroatoms. The summed E-state index contributed by atoms with van der Waals surface area (Å²) >= 11 is 0. The Balaban J connectivity index is 3.09. The molecule has 1 aromatic carbocycles. The van der Waals surface area contributed by atoms with Crippen molar-refractivity contribution < 1.29 is 8.78 Å². The molecule has 2 N–H and O–H groups in total. The summed E-state index contributed by atoms with van der Waals surface area (Å²) in [5, 5.41) is 0. The van der Waals surface area contributed by atoms with Gasteiger partial charge in [0.05, 0.1) is 11.6 Å². The minimum atomic E-state index is -0.659. The van der Waals surface area contributed by atoms with Crippen LogP contribution >= 0.6 is 0 Å². The van der Waals surface area contributed by atoms with E-state index in [9.17, 15) is 8.78 Å². The quantitative estimate of drug-likeness (QED) is 0.605. The first-order chi connectivity index (χ1) is 6.11. The molecule has 68 valence electrons. The lowest BCUT2D eigenvalue weighted by Crippen LogP contribution is -2.11. The van der Waals surface area contributed by atoms with Crippen LogP contribution in [0.15, 0.2) is 18.2 Å². The van der Waals surface area contributed by atoms with Crippen molar-refractivity contribution in [3.63, 3.8) is 0 Å². The molecule has 0 aliphatic rings. The minimum Gasteiger partial charge on any atom is -0.318 e. The molecule has 0 radical (unpaired) electrons. The maximum absolute atomic E-state index is 12.9. The second kappa shape index (κ2) is 4.01. The molecule has 0 amide bonds. The van der Waals surface area contributed by atoms with Gasteiger partial charge in [-0.3, -0.25) is 0 Å². The van der Waals surface area contributed by atoms with E-state index < -0.39 is 11.6 Å². The van der Waals surface area contributed by atoms with Crippen LogP contribution in [0, 0.1) is 23.5 Å². The Morgan fingerprint density at radius 2 is 1.85 bits per heavy atom. The molecule has 0 spiro atoms. The van der Waals surface area contributed by atoms with E-state index in [0.717, 1.165) is 12.1 Å². The van der Waals surface area contributed by atoms with Crippen LogP contribution in [0.1, 0.15) is 12.5 Å². The zero-order chi connectivity index (χ0) is 9.84. The smallest absolute Gasteiger partial charge is 0.141 e. The van der Waals surface area contributed by atoms with Crippen molar-refractivity contribution in [3.8, 4) is 11.8 Å². The Hall–Kier alpha value is -1.40. The predicted molar refractivity (Wildman–Crippen MR) is 46.9 cm³/mol. The van der Waals surface area contributed by atoms with E-state index >= 15 is 0 Å². The average molecular weight is 181 g/mol. The molecule has 0 fully saturated rings. The van der Waals surface area contributed by atoms with Gasteiger partial charge in [0.1, 0.15) is 11.6 Å². The molecule has 0 saturated heterocycles. The average Bonchev–Trinajstić information content (AvgIpc) is 2.03. The van der Waals surface area contributed by atoms with Gasteiger partial charge in [-0.05, 0) is 19.1 Å². The van der Waals surface area contributed by atoms with Gasteiger partial charge in [0, 0.05) is 0 Å². The summed E-state index contributed by atoms with van der Waals surface area (Å²) in [7, 11) is 0. The molecule has 1 unspecified atom stereocenters. The number of benzene rings is 1. The molecule has 0 bridgehead atoms. The summed E-state index contributed by atoms with van der Waals surface area (Å²) in [4.78, 5) is 0. The largest absolute Gasteiger partial charge is 0.318 e. The Labute approximate surface area is 75.6 Å². The highest BCUT2D eigenvalue weighted by atomic mass is 19.1. The maximum Gasteiger partial charge on any atom is 0.141 e. The molecule has 1 rings (SSSR count). The van der Waals surface area contributed by atoms with E-state index in [2.05, 4.69) is 11.8 Å². The second-order valence-corrected chi connectivity index (χ2v) is 2.65. The lowest BCUT2D eigenvalue weighted by Gasteiger charge is -1.95. The highest BCUT2D eigenvalue weighted by molar-refractivity contribution is 5.37. The van der Waals surface area contributed by atoms with Crippen molar-refractivity contribution >= 4 is 0 Å². The highest BCUT2D eigenvalue weighted by Gasteiger charge is 2.04. The van der Waals surface area contributed by atoms with Crippen LogP contribution in [0.2, 0.25) is 0 Å². The monoisotopic (exact) mass is 181 g/mol. The van der Waals surface area contributed by atoms with Crippen LogP contribution in [0.3, 0.4) is 0 Å². The number of halogens is 2. The molecule has 0 saturated carbocycles. The molecular weight excluding hydrogens is 172 g/mol. The molecule has 1 aromatic rings. The first kappa shape index (κ1) is 9.69. The van der Waals surface area contributed by atoms with Crippen molar-refractivity contribution in [2.45, 2.75) is 13.0 Å². The van der Waals surface area contributed by atoms with Crippen molar-refractivity contribution in [1.29, 1.82) is 0 Å². The third kappa shape index (κ3) is 2.53. The van der Waals surface area contributed by atoms with Crippen LogP contribution in [0.5, 0.6) is 0 Å². The maximum atomic E-state index is 12.9. The van der Waals surface area contributed by atoms with Crippen LogP contribution < -0.4 is 5.73 Å². The van der Waals surface area contributed by atoms with E-state index in [0.29, 0.717) is 0 Å². The Morgan fingerprint density at radius 3 is 2.31 bits per heavy atom. The number of rotatable bonds is 0. The SMILES string of the molecule is CC(N)C#Cc1c(F)cccc1F. The third-order valence-electron chi connectivity index (χ3n) is 1.39. The van der Waals surface area contributed by atoms with Gasteiger partial charge in [0.2, 0.25) is 0 Å². The number of nitrogens with two attached hydrogens (primary N) is 1. The second-order valence-electron chi connectivity index (χ2n) is 2.65. The molecule has 0 heterocycles. The van der Waals surface area contributed by atoms with Gasteiger partial charge in [0.25, 0.3) is 0 Å². The van der Waals surface area contributed by atoms with Crippen LogP contribution in [0.25, 0.3) is 0 Å². The van der Waals surface area contributed by atoms with Crippen molar-refractivity contribution in [2.24, 2.45) is 5.73 Å². The fraction of sp³-hybridized carbons (Fsp3) is 0.200. The van der Waals surface area contributed by atoms with E-state index in [1.54, 1.807) is 6.92 Å². The summed E-state index contributed by atoms with van der Waals surface area (Å²) in [6.07, 6.45) is 0. The molecular formula is C10H9F2N. The topological polar surface area (TPSA) is 26.0 Å². The summed E-state index contributed by atoms with van der Waals surface area (Å²) < 4.78 is 25.8. The van der Waals surface area contributed by atoms with E-state index in [1.807, 2.05) is 0 Å². The van der Waals surface area contributed by atoms with Crippen LogP contribution in [-0.4, -0.2) is 6.04 Å². The molecule has 0 aliphatic heterocycles. The van der Waals surface area contributed by atoms with Gasteiger partial charge < -0.3 is 5.73 Å². The first-order valence-electron chi connectivity index (χ1n) is 3.82. The normalized spacial score (nSPS) is 11.7. The van der Waals surface area contributed by atoms with Gasteiger partial charge in [-0.2, -0.15) is 0 Å². The van der Waals surface area contributed by atoms with Crippen LogP contribution in [0.4, 0.5) is 8.78 Å². The summed E-state index contributed by atoms with van der Waals surface area (Å²) in [5.41, 5.74) is 5.10. The standard InChI is InChI=1S/C10H9F2N/c1-7(13)5-6-8-9(11)3-2-4-10(8)12/h2-4,7H,13H2,1H3. The van der Waals surface area contributed by atoms with Crippen molar-refractivity contribution in [1.82, 2.24) is 0 Å². The third-order valence-corrected chi connectivity index (χ3v) is 1.39. The summed E-state index contributed by atoms with van der Waals surface area (Å²) in [6.45, 7) is 1.64. The molecule has 13 heavy (non-hydrogen) atoms. The Kier molecular flexibility index (Phi) is 2.99. The Morgan fingerprint density at radius 1 is 1.31 bits per heavy atom. The number of hydrogen-bond donors (Lipinski definition) is 1. The fourth-order valence-electron chi connectivity index (χ4n) is 0.803. The summed E-state index contributed by atoms with van der Waals surface area (Å²) in [5.74, 6) is 3.53. The van der Waals surface area contributed by atoms with Crippen LogP contribution in [-0.2, 0) is 0 Å². The molecule has 1 atom stereocenters.